The van der Waals surface area contributed by atoms with E-state index in [2.05, 4.69) is 5.32 Å². The third-order valence-electron chi connectivity index (χ3n) is 5.99. The molecule has 1 aliphatic heterocycles. The summed E-state index contributed by atoms with van der Waals surface area (Å²) in [7, 11) is -3.96. The van der Waals surface area contributed by atoms with Gasteiger partial charge in [-0.15, -0.1) is 0 Å². The standard InChI is InChI=1S/C26H31N3O5S/c1-17-9-18(2)11-21(10-17)27-25(30)16-35(32,33)24-14-28(23-8-6-5-7-22(23)24)15-26(31)29-12-19(3)34-20(4)13-29/h5-11,14,19-20H,12-13,15-16H2,1-4H3,(H,27,30). The molecule has 1 saturated heterocycles. The van der Waals surface area contributed by atoms with E-state index in [1.54, 1.807) is 45.9 Å². The number of hydrogen-bond donors (Lipinski definition) is 1. The Bertz CT molecular complexity index is 1350. The van der Waals surface area contributed by atoms with Gasteiger partial charge in [0.1, 0.15) is 12.3 Å². The van der Waals surface area contributed by atoms with Gasteiger partial charge in [-0.25, -0.2) is 8.42 Å². The molecule has 2 atom stereocenters. The van der Waals surface area contributed by atoms with Crippen LogP contribution in [-0.4, -0.2) is 60.7 Å². The third-order valence-corrected chi connectivity index (χ3v) is 7.63. The van der Waals surface area contributed by atoms with E-state index in [9.17, 15) is 18.0 Å². The van der Waals surface area contributed by atoms with Crippen molar-refractivity contribution < 1.29 is 22.7 Å². The Morgan fingerprint density at radius 3 is 2.31 bits per heavy atom. The molecular weight excluding hydrogens is 466 g/mol. The highest BCUT2D eigenvalue weighted by molar-refractivity contribution is 7.92. The lowest BCUT2D eigenvalue weighted by molar-refractivity contribution is -0.143. The lowest BCUT2D eigenvalue weighted by Gasteiger charge is -2.35. The maximum absolute atomic E-state index is 13.3. The first-order valence-corrected chi connectivity index (χ1v) is 13.3. The lowest BCUT2D eigenvalue weighted by atomic mass is 10.1. The molecule has 8 nitrogen and oxygen atoms in total. The fourth-order valence-electron chi connectivity index (χ4n) is 4.71. The molecule has 0 aliphatic carbocycles. The van der Waals surface area contributed by atoms with Gasteiger partial charge < -0.3 is 19.5 Å². The first kappa shape index (κ1) is 24.9. The SMILES string of the molecule is Cc1cc(C)cc(NC(=O)CS(=O)(=O)c2cn(CC(=O)N3CC(C)OC(C)C3)c3ccccc23)c1. The summed E-state index contributed by atoms with van der Waals surface area (Å²) < 4.78 is 33.9. The minimum absolute atomic E-state index is 0.00421. The molecule has 2 aromatic carbocycles. The van der Waals surface area contributed by atoms with Crippen LogP contribution >= 0.6 is 0 Å². The number of aryl methyl sites for hydroxylation is 2. The highest BCUT2D eigenvalue weighted by Crippen LogP contribution is 2.27. The predicted molar refractivity (Wildman–Crippen MR) is 135 cm³/mol. The van der Waals surface area contributed by atoms with E-state index in [1.807, 2.05) is 33.8 Å². The maximum Gasteiger partial charge on any atom is 0.242 e. The Morgan fingerprint density at radius 1 is 1.03 bits per heavy atom. The lowest BCUT2D eigenvalue weighted by Crippen LogP contribution is -2.49. The first-order valence-electron chi connectivity index (χ1n) is 11.6. The number of morpholine rings is 1. The molecule has 4 rings (SSSR count). The molecule has 2 heterocycles. The van der Waals surface area contributed by atoms with E-state index in [0.29, 0.717) is 29.7 Å². The van der Waals surface area contributed by atoms with Crippen molar-refractivity contribution in [3.63, 3.8) is 0 Å². The van der Waals surface area contributed by atoms with Crippen molar-refractivity contribution in [1.82, 2.24) is 9.47 Å². The van der Waals surface area contributed by atoms with Gasteiger partial charge in [-0.2, -0.15) is 0 Å². The number of anilines is 1. The molecule has 2 amide bonds. The van der Waals surface area contributed by atoms with Crippen LogP contribution in [0, 0.1) is 13.8 Å². The number of benzene rings is 2. The van der Waals surface area contributed by atoms with Crippen LogP contribution in [0.2, 0.25) is 0 Å². The Hall–Kier alpha value is -3.17. The Kier molecular flexibility index (Phi) is 7.00. The second-order valence-corrected chi connectivity index (χ2v) is 11.3. The van der Waals surface area contributed by atoms with Crippen LogP contribution in [0.5, 0.6) is 0 Å². The Balaban J connectivity index is 1.57. The minimum Gasteiger partial charge on any atom is -0.372 e. The highest BCUT2D eigenvalue weighted by Gasteiger charge is 2.28. The zero-order chi connectivity index (χ0) is 25.3. The summed E-state index contributed by atoms with van der Waals surface area (Å²) in [6.45, 7) is 8.66. The predicted octanol–water partition coefficient (Wildman–Crippen LogP) is 3.31. The molecule has 1 aliphatic rings. The molecule has 1 N–H and O–H groups in total. The molecule has 1 fully saturated rings. The molecule has 2 unspecified atom stereocenters. The fourth-order valence-corrected chi connectivity index (χ4v) is 6.08. The molecule has 0 saturated carbocycles. The summed E-state index contributed by atoms with van der Waals surface area (Å²) in [6, 6.07) is 12.6. The molecule has 186 valence electrons. The van der Waals surface area contributed by atoms with Crippen LogP contribution in [0.4, 0.5) is 5.69 Å². The summed E-state index contributed by atoms with van der Waals surface area (Å²) in [6.07, 6.45) is 1.35. The van der Waals surface area contributed by atoms with Gasteiger partial charge in [-0.1, -0.05) is 24.3 Å². The van der Waals surface area contributed by atoms with Crippen molar-refractivity contribution in [3.05, 3.63) is 59.8 Å². The van der Waals surface area contributed by atoms with E-state index in [-0.39, 0.29) is 29.6 Å². The topological polar surface area (TPSA) is 97.7 Å². The van der Waals surface area contributed by atoms with Crippen molar-refractivity contribution in [2.24, 2.45) is 0 Å². The van der Waals surface area contributed by atoms with Gasteiger partial charge in [0.15, 0.2) is 9.84 Å². The fraction of sp³-hybridized carbons (Fsp3) is 0.385. The molecule has 0 spiro atoms. The number of hydrogen-bond acceptors (Lipinski definition) is 5. The van der Waals surface area contributed by atoms with E-state index in [0.717, 1.165) is 11.1 Å². The van der Waals surface area contributed by atoms with E-state index in [4.69, 9.17) is 4.74 Å². The highest BCUT2D eigenvalue weighted by atomic mass is 32.2. The van der Waals surface area contributed by atoms with Gasteiger partial charge >= 0.3 is 0 Å². The van der Waals surface area contributed by atoms with Crippen LogP contribution in [0.25, 0.3) is 10.9 Å². The van der Waals surface area contributed by atoms with Crippen LogP contribution in [0.1, 0.15) is 25.0 Å². The van der Waals surface area contributed by atoms with Crippen LogP contribution in [-0.2, 0) is 30.7 Å². The number of carbonyl (C=O) groups is 2. The molecule has 35 heavy (non-hydrogen) atoms. The number of ether oxygens (including phenoxy) is 1. The quantitative estimate of drug-likeness (QED) is 0.564. The van der Waals surface area contributed by atoms with Crippen molar-refractivity contribution in [1.29, 1.82) is 0 Å². The Labute approximate surface area is 205 Å². The second-order valence-electron chi connectivity index (χ2n) is 9.38. The summed E-state index contributed by atoms with van der Waals surface area (Å²) in [5.74, 6) is -1.41. The minimum atomic E-state index is -3.96. The number of sulfone groups is 1. The number of nitrogens with one attached hydrogen (secondary N) is 1. The number of aromatic nitrogens is 1. The largest absolute Gasteiger partial charge is 0.372 e. The van der Waals surface area contributed by atoms with Gasteiger partial charge in [0.2, 0.25) is 11.8 Å². The van der Waals surface area contributed by atoms with Gasteiger partial charge in [-0.05, 0) is 57.0 Å². The van der Waals surface area contributed by atoms with Crippen molar-refractivity contribution in [2.75, 3.05) is 24.2 Å². The van der Waals surface area contributed by atoms with Gasteiger partial charge in [0, 0.05) is 35.9 Å². The average Bonchev–Trinajstić information content (AvgIpc) is 3.11. The maximum atomic E-state index is 13.3. The van der Waals surface area contributed by atoms with Crippen molar-refractivity contribution in [2.45, 2.75) is 51.3 Å². The zero-order valence-electron chi connectivity index (χ0n) is 20.4. The summed E-state index contributed by atoms with van der Waals surface area (Å²) in [5, 5.41) is 3.18. The van der Waals surface area contributed by atoms with Crippen molar-refractivity contribution >= 4 is 38.2 Å². The van der Waals surface area contributed by atoms with E-state index >= 15 is 0 Å². The number of rotatable bonds is 6. The monoisotopic (exact) mass is 497 g/mol. The molecule has 0 bridgehead atoms. The number of amides is 2. The molecule has 1 aromatic heterocycles. The van der Waals surface area contributed by atoms with E-state index < -0.39 is 21.5 Å². The second kappa shape index (κ2) is 9.83. The van der Waals surface area contributed by atoms with Gasteiger partial charge in [-0.3, -0.25) is 9.59 Å². The van der Waals surface area contributed by atoms with Crippen LogP contribution in [0.3, 0.4) is 0 Å². The number of para-hydroxylation sites is 1. The average molecular weight is 498 g/mol. The summed E-state index contributed by atoms with van der Waals surface area (Å²) >= 11 is 0. The Morgan fingerprint density at radius 2 is 1.66 bits per heavy atom. The smallest absolute Gasteiger partial charge is 0.242 e. The van der Waals surface area contributed by atoms with Crippen LogP contribution in [0.15, 0.2) is 53.6 Å². The molecule has 0 radical (unpaired) electrons. The van der Waals surface area contributed by atoms with Gasteiger partial charge in [0.25, 0.3) is 0 Å². The summed E-state index contributed by atoms with van der Waals surface area (Å²) in [4.78, 5) is 27.5. The summed E-state index contributed by atoms with van der Waals surface area (Å²) in [5.41, 5.74) is 3.13. The number of fused-ring (bicyclic) bond motifs is 1. The normalized spacial score (nSPS) is 18.6. The molecular formula is C26H31N3O5S. The molecule has 9 heteroatoms. The number of carbonyl (C=O) groups excluding carboxylic acids is 2. The molecule has 3 aromatic rings. The zero-order valence-corrected chi connectivity index (χ0v) is 21.3. The third kappa shape index (κ3) is 5.74. The van der Waals surface area contributed by atoms with E-state index in [1.165, 1.54) is 6.20 Å². The van der Waals surface area contributed by atoms with Crippen LogP contribution < -0.4 is 5.32 Å². The first-order chi connectivity index (χ1) is 16.5. The number of nitrogens with zero attached hydrogens (tertiary/aromatic N) is 2. The van der Waals surface area contributed by atoms with Gasteiger partial charge in [0.05, 0.1) is 17.1 Å². The van der Waals surface area contributed by atoms with Crippen molar-refractivity contribution in [3.8, 4) is 0 Å².